The summed E-state index contributed by atoms with van der Waals surface area (Å²) < 4.78 is 70.6. The summed E-state index contributed by atoms with van der Waals surface area (Å²) in [6.07, 6.45) is -0.0879. The largest absolute Gasteiger partial charge is 0.493 e. The van der Waals surface area contributed by atoms with Gasteiger partial charge >= 0.3 is 16.2 Å². The molecule has 0 aromatic heterocycles. The van der Waals surface area contributed by atoms with Gasteiger partial charge in [0, 0.05) is 38.7 Å². The minimum atomic E-state index is -4.58. The Morgan fingerprint density at radius 1 is 0.951 bits per heavy atom. The van der Waals surface area contributed by atoms with Crippen molar-refractivity contribution in [2.75, 3.05) is 46.0 Å². The van der Waals surface area contributed by atoms with Gasteiger partial charge in [0.05, 0.1) is 13.2 Å². The van der Waals surface area contributed by atoms with Gasteiger partial charge in [-0.3, -0.25) is 0 Å². The molecular formula is C24H34ClN5O9S2. The number of sulfonamides is 1. The molecule has 228 valence electrons. The normalized spacial score (nSPS) is 14.0. The molecule has 2 aromatic rings. The second-order valence-corrected chi connectivity index (χ2v) is 12.0. The zero-order valence-electron chi connectivity index (χ0n) is 22.6. The summed E-state index contributed by atoms with van der Waals surface area (Å²) in [5, 5.41) is 3.40. The number of nitrogens with two attached hydrogens (primary N) is 2. The Morgan fingerprint density at radius 2 is 1.59 bits per heavy atom. The third-order valence-electron chi connectivity index (χ3n) is 5.55. The quantitative estimate of drug-likeness (QED) is 0.113. The van der Waals surface area contributed by atoms with Crippen molar-refractivity contribution in [2.24, 2.45) is 16.6 Å². The second kappa shape index (κ2) is 15.0. The van der Waals surface area contributed by atoms with Crippen LogP contribution >= 0.6 is 12.4 Å². The number of oxime groups is 1. The molecular weight excluding hydrogens is 602 g/mol. The molecule has 1 amide bonds. The van der Waals surface area contributed by atoms with E-state index in [0.29, 0.717) is 17.7 Å². The highest BCUT2D eigenvalue weighted by molar-refractivity contribution is 7.91. The van der Waals surface area contributed by atoms with Gasteiger partial charge in [-0.1, -0.05) is 12.1 Å². The molecule has 0 spiro atoms. The van der Waals surface area contributed by atoms with Crippen molar-refractivity contribution in [1.29, 1.82) is 0 Å². The van der Waals surface area contributed by atoms with Gasteiger partial charge in [-0.25, -0.2) is 13.2 Å². The lowest BCUT2D eigenvalue weighted by molar-refractivity contribution is 0.0934. The van der Waals surface area contributed by atoms with Crippen LogP contribution in [0, 0.1) is 6.92 Å². The number of piperazine rings is 1. The lowest BCUT2D eigenvalue weighted by Gasteiger charge is -2.33. The van der Waals surface area contributed by atoms with Crippen LogP contribution < -0.4 is 20.4 Å². The first kappa shape index (κ1) is 33.7. The number of carbonyl (C=O) groups is 1. The molecule has 14 nitrogen and oxygen atoms in total. The molecule has 1 heterocycles. The Hall–Kier alpha value is -3.47. The molecule has 0 atom stereocenters. The first-order chi connectivity index (χ1) is 18.9. The van der Waals surface area contributed by atoms with E-state index < -0.39 is 36.0 Å². The van der Waals surface area contributed by atoms with Crippen LogP contribution in [-0.2, 0) is 29.7 Å². The van der Waals surface area contributed by atoms with Crippen LogP contribution in [0.2, 0.25) is 0 Å². The number of rotatable bonds is 12. The number of guanidine groups is 1. The molecule has 1 aliphatic rings. The average molecular weight is 636 g/mol. The van der Waals surface area contributed by atoms with Crippen LogP contribution in [0.1, 0.15) is 18.9 Å². The maximum atomic E-state index is 13.5. The number of aryl methyl sites for hydroxylation is 1. The summed E-state index contributed by atoms with van der Waals surface area (Å²) in [5.74, 6) is 0.0861. The minimum Gasteiger partial charge on any atom is -0.493 e. The van der Waals surface area contributed by atoms with Gasteiger partial charge in [0.25, 0.3) is 0 Å². The number of halogens is 1. The van der Waals surface area contributed by atoms with Crippen molar-refractivity contribution in [3.05, 3.63) is 48.0 Å². The lowest BCUT2D eigenvalue weighted by atomic mass is 10.2. The number of carbonyl (C=O) groups excluding carboxylic acids is 1. The van der Waals surface area contributed by atoms with Gasteiger partial charge < -0.3 is 34.9 Å². The van der Waals surface area contributed by atoms with Gasteiger partial charge in [0.2, 0.25) is 16.0 Å². The van der Waals surface area contributed by atoms with Crippen molar-refractivity contribution in [1.82, 2.24) is 9.21 Å². The summed E-state index contributed by atoms with van der Waals surface area (Å²) in [6.45, 7) is 4.20. The number of benzene rings is 2. The predicted octanol–water partition coefficient (Wildman–Crippen LogP) is 1.62. The monoisotopic (exact) mass is 635 g/mol. The highest BCUT2D eigenvalue weighted by Gasteiger charge is 2.35. The number of nitrogens with zero attached hydrogens (tertiary/aromatic N) is 3. The molecule has 1 aliphatic heterocycles. The topological polar surface area (TPSA) is 193 Å². The van der Waals surface area contributed by atoms with E-state index in [2.05, 4.69) is 5.16 Å². The highest BCUT2D eigenvalue weighted by atomic mass is 35.5. The zero-order chi connectivity index (χ0) is 29.3. The maximum Gasteiger partial charge on any atom is 0.409 e. The Kier molecular flexibility index (Phi) is 12.3. The first-order valence-electron chi connectivity index (χ1n) is 12.3. The molecule has 0 radical (unpaired) electrons. The van der Waals surface area contributed by atoms with Gasteiger partial charge in [-0.15, -0.1) is 12.4 Å². The Bertz CT molecular complexity index is 1430. The van der Waals surface area contributed by atoms with Crippen LogP contribution in [0.3, 0.4) is 0 Å². The molecule has 2 aromatic carbocycles. The van der Waals surface area contributed by atoms with Gasteiger partial charge in [0.15, 0.2) is 0 Å². The molecule has 1 saturated heterocycles. The van der Waals surface area contributed by atoms with E-state index in [4.69, 9.17) is 30.0 Å². The van der Waals surface area contributed by atoms with Gasteiger partial charge in [-0.05, 0) is 48.8 Å². The van der Waals surface area contributed by atoms with Crippen LogP contribution in [0.25, 0.3) is 0 Å². The number of hydrogen-bond acceptors (Lipinski definition) is 10. The highest BCUT2D eigenvalue weighted by Crippen LogP contribution is 2.30. The van der Waals surface area contributed by atoms with Crippen LogP contribution in [0.5, 0.6) is 11.5 Å². The summed E-state index contributed by atoms with van der Waals surface area (Å²) in [6, 6.07) is 9.76. The van der Waals surface area contributed by atoms with E-state index in [1.807, 2.05) is 0 Å². The zero-order valence-corrected chi connectivity index (χ0v) is 25.0. The SMILES string of the molecule is CCOC(=O)N1CCN(S(=O)(=O)c2ccccc2S(=O)(=O)Oc2cc(C)cc(OCCCON=C(N)N)c2)CC1.Cl. The number of hydrogen-bond donors (Lipinski definition) is 2. The fourth-order valence-corrected chi connectivity index (χ4v) is 6.90. The number of amides is 1. The van der Waals surface area contributed by atoms with Gasteiger partial charge in [-0.2, -0.15) is 12.7 Å². The molecule has 0 saturated carbocycles. The Morgan fingerprint density at radius 3 is 2.22 bits per heavy atom. The van der Waals surface area contributed by atoms with E-state index in [1.54, 1.807) is 19.9 Å². The van der Waals surface area contributed by atoms with Crippen LogP contribution in [0.15, 0.2) is 57.4 Å². The van der Waals surface area contributed by atoms with Crippen LogP contribution in [0.4, 0.5) is 4.79 Å². The molecule has 1 fully saturated rings. The van der Waals surface area contributed by atoms with Crippen molar-refractivity contribution in [3.63, 3.8) is 0 Å². The Labute approximate surface area is 245 Å². The van der Waals surface area contributed by atoms with E-state index >= 15 is 0 Å². The second-order valence-electron chi connectivity index (χ2n) is 8.61. The summed E-state index contributed by atoms with van der Waals surface area (Å²) in [5.41, 5.74) is 11.0. The third kappa shape index (κ3) is 9.27. The predicted molar refractivity (Wildman–Crippen MR) is 152 cm³/mol. The maximum absolute atomic E-state index is 13.5. The fourth-order valence-electron chi connectivity index (χ4n) is 3.79. The Balaban J connectivity index is 0.00000588. The van der Waals surface area contributed by atoms with E-state index in [9.17, 15) is 21.6 Å². The minimum absolute atomic E-state index is 0. The van der Waals surface area contributed by atoms with Crippen molar-refractivity contribution < 1.29 is 40.1 Å². The molecule has 0 aliphatic carbocycles. The van der Waals surface area contributed by atoms with E-state index in [0.717, 1.165) is 4.31 Å². The first-order valence-corrected chi connectivity index (χ1v) is 15.2. The molecule has 41 heavy (non-hydrogen) atoms. The molecule has 3 rings (SSSR count). The molecule has 0 unspecified atom stereocenters. The standard InChI is InChI=1S/C24H33N5O9S2.ClH/c1-3-35-24(30)28-9-11-29(12-10-28)39(31,32)21-7-4-5-8-22(21)40(33,34)38-20-16-18(2)15-19(17-20)36-13-6-14-37-27-23(25)26;/h4-5,7-8,15-17H,3,6,9-14H2,1-2H3,(H4,25,26,27);1H. The van der Waals surface area contributed by atoms with Crippen molar-refractivity contribution >= 4 is 44.6 Å². The van der Waals surface area contributed by atoms with E-state index in [1.165, 1.54) is 41.3 Å². The molecule has 4 N–H and O–H groups in total. The lowest BCUT2D eigenvalue weighted by Crippen LogP contribution is -2.50. The van der Waals surface area contributed by atoms with Crippen molar-refractivity contribution in [2.45, 2.75) is 30.1 Å². The molecule has 0 bridgehead atoms. The van der Waals surface area contributed by atoms with Gasteiger partial charge in [0.1, 0.15) is 27.9 Å². The van der Waals surface area contributed by atoms with E-state index in [-0.39, 0.29) is 70.1 Å². The smallest absolute Gasteiger partial charge is 0.409 e. The summed E-state index contributed by atoms with van der Waals surface area (Å²) >= 11 is 0. The summed E-state index contributed by atoms with van der Waals surface area (Å²) in [7, 11) is -8.81. The van der Waals surface area contributed by atoms with Crippen molar-refractivity contribution in [3.8, 4) is 11.5 Å². The third-order valence-corrected chi connectivity index (χ3v) is 8.94. The molecule has 17 heteroatoms. The van der Waals surface area contributed by atoms with Crippen LogP contribution in [-0.4, -0.2) is 84.1 Å². The fraction of sp³-hybridized carbons (Fsp3) is 0.417. The summed E-state index contributed by atoms with van der Waals surface area (Å²) in [4.78, 5) is 17.3. The average Bonchev–Trinajstić information content (AvgIpc) is 2.90. The number of ether oxygens (including phenoxy) is 2.